The van der Waals surface area contributed by atoms with E-state index in [1.165, 1.54) is 5.56 Å². The Bertz CT molecular complexity index is 1800. The fourth-order valence-corrected chi connectivity index (χ4v) is 5.27. The van der Waals surface area contributed by atoms with E-state index in [1.807, 2.05) is 31.3 Å². The van der Waals surface area contributed by atoms with E-state index in [0.29, 0.717) is 39.1 Å². The molecule has 0 unspecified atom stereocenters. The Labute approximate surface area is 255 Å². The van der Waals surface area contributed by atoms with Crippen molar-refractivity contribution in [3.63, 3.8) is 0 Å². The summed E-state index contributed by atoms with van der Waals surface area (Å²) in [6.07, 6.45) is 1.65. The van der Waals surface area contributed by atoms with E-state index in [2.05, 4.69) is 50.1 Å². The molecule has 11 heteroatoms. The first-order valence-corrected chi connectivity index (χ1v) is 14.5. The quantitative estimate of drug-likeness (QED) is 0.241. The molecule has 3 heterocycles. The van der Waals surface area contributed by atoms with E-state index in [4.69, 9.17) is 22.1 Å². The molecular weight excluding hydrogens is 564 g/mol. The Morgan fingerprint density at radius 1 is 1.00 bits per heavy atom. The molecule has 0 aliphatic carbocycles. The number of fused-ring (bicyclic) bond motifs is 1. The summed E-state index contributed by atoms with van der Waals surface area (Å²) < 4.78 is 8.00. The van der Waals surface area contributed by atoms with Crippen molar-refractivity contribution in [2.24, 2.45) is 7.05 Å². The number of carbonyl (C=O) groups is 1. The van der Waals surface area contributed by atoms with Crippen molar-refractivity contribution in [2.45, 2.75) is 13.5 Å². The highest BCUT2D eigenvalue weighted by Gasteiger charge is 2.19. The fraction of sp³-hybridized carbons (Fsp3) is 0.250. The Balaban J connectivity index is 1.22. The lowest BCUT2D eigenvalue weighted by molar-refractivity contribution is 0.102. The molecule has 2 aromatic heterocycles. The summed E-state index contributed by atoms with van der Waals surface area (Å²) in [5.74, 6) is 0.777. The molecule has 1 saturated heterocycles. The lowest BCUT2D eigenvalue weighted by atomic mass is 10.1. The van der Waals surface area contributed by atoms with Gasteiger partial charge in [0.05, 0.1) is 16.9 Å². The van der Waals surface area contributed by atoms with Crippen LogP contribution in [-0.4, -0.2) is 68.5 Å². The molecule has 220 valence electrons. The number of imidazole rings is 1. The fourth-order valence-electron chi connectivity index (χ4n) is 5.06. The first-order chi connectivity index (χ1) is 20.7. The molecule has 0 saturated carbocycles. The van der Waals surface area contributed by atoms with Gasteiger partial charge in [-0.05, 0) is 79.7 Å². The third-order valence-corrected chi connectivity index (χ3v) is 8.01. The first-order valence-electron chi connectivity index (χ1n) is 14.1. The Morgan fingerprint density at radius 2 is 1.77 bits per heavy atom. The van der Waals surface area contributed by atoms with Crippen LogP contribution in [0.25, 0.3) is 22.6 Å². The molecule has 1 aliphatic heterocycles. The summed E-state index contributed by atoms with van der Waals surface area (Å²) in [6.45, 7) is 7.21. The second-order valence-corrected chi connectivity index (χ2v) is 11.3. The maximum absolute atomic E-state index is 13.4. The van der Waals surface area contributed by atoms with Crippen molar-refractivity contribution in [3.8, 4) is 23.0 Å². The number of amides is 1. The van der Waals surface area contributed by atoms with E-state index in [0.717, 1.165) is 43.9 Å². The molecule has 1 fully saturated rings. The Hall–Kier alpha value is -4.51. The number of nitrogens with two attached hydrogens (primary N) is 1. The highest BCUT2D eigenvalue weighted by molar-refractivity contribution is 6.34. The molecule has 1 aliphatic rings. The number of nitrogen functional groups attached to an aromatic ring is 1. The number of hydrogen-bond donors (Lipinski definition) is 2. The van der Waals surface area contributed by atoms with E-state index in [9.17, 15) is 4.79 Å². The van der Waals surface area contributed by atoms with Crippen molar-refractivity contribution >= 4 is 40.0 Å². The van der Waals surface area contributed by atoms with Crippen LogP contribution in [0.1, 0.15) is 21.5 Å². The molecule has 0 spiro atoms. The largest absolute Gasteiger partial charge is 0.437 e. The molecule has 6 rings (SSSR count). The van der Waals surface area contributed by atoms with Crippen molar-refractivity contribution in [1.29, 1.82) is 0 Å². The lowest BCUT2D eigenvalue weighted by Gasteiger charge is -2.32. The van der Waals surface area contributed by atoms with Crippen LogP contribution in [-0.2, 0) is 13.6 Å². The number of anilines is 2. The second kappa shape index (κ2) is 12.0. The maximum Gasteiger partial charge on any atom is 0.257 e. The number of likely N-dealkylation sites (N-methyl/N-ethyl adjacent to an activating group) is 1. The number of benzene rings is 3. The van der Waals surface area contributed by atoms with Gasteiger partial charge in [-0.15, -0.1) is 0 Å². The van der Waals surface area contributed by atoms with Crippen molar-refractivity contribution in [3.05, 3.63) is 88.7 Å². The first kappa shape index (κ1) is 28.6. The van der Waals surface area contributed by atoms with Gasteiger partial charge in [-0.25, -0.2) is 9.97 Å². The molecule has 0 bridgehead atoms. The molecule has 0 atom stereocenters. The van der Waals surface area contributed by atoms with Gasteiger partial charge in [0.25, 0.3) is 11.8 Å². The van der Waals surface area contributed by atoms with Crippen LogP contribution in [0.4, 0.5) is 11.4 Å². The van der Waals surface area contributed by atoms with Crippen molar-refractivity contribution < 1.29 is 9.53 Å². The molecule has 43 heavy (non-hydrogen) atoms. The summed E-state index contributed by atoms with van der Waals surface area (Å²) in [6, 6.07) is 18.2. The summed E-state index contributed by atoms with van der Waals surface area (Å²) in [5, 5.41) is 3.29. The van der Waals surface area contributed by atoms with Gasteiger partial charge < -0.3 is 25.3 Å². The van der Waals surface area contributed by atoms with Crippen LogP contribution in [0.15, 0.2) is 67.0 Å². The van der Waals surface area contributed by atoms with Crippen LogP contribution in [0.2, 0.25) is 5.02 Å². The lowest BCUT2D eigenvalue weighted by Crippen LogP contribution is -2.43. The molecule has 10 nitrogen and oxygen atoms in total. The number of aryl methyl sites for hydroxylation is 2. The SMILES string of the molecule is Cc1cc(NC(=O)c2cc(Oc3nc(-c4ccc(N)cc4)nc4c3ncn4C)ccc2Cl)ccc1CN1CCN(C)CC1. The smallest absolute Gasteiger partial charge is 0.257 e. The average molecular weight is 597 g/mol. The van der Waals surface area contributed by atoms with Gasteiger partial charge in [0.2, 0.25) is 0 Å². The number of rotatable bonds is 7. The molecule has 5 aromatic rings. The highest BCUT2D eigenvalue weighted by Crippen LogP contribution is 2.32. The van der Waals surface area contributed by atoms with Gasteiger partial charge in [-0.3, -0.25) is 9.69 Å². The normalized spacial score (nSPS) is 14.2. The number of nitrogens with one attached hydrogen (secondary N) is 1. The molecule has 0 radical (unpaired) electrons. The van der Waals surface area contributed by atoms with E-state index in [-0.39, 0.29) is 17.4 Å². The number of halogens is 1. The number of carbonyl (C=O) groups excluding carboxylic acids is 1. The van der Waals surface area contributed by atoms with Crippen LogP contribution in [0.3, 0.4) is 0 Å². The van der Waals surface area contributed by atoms with Crippen LogP contribution >= 0.6 is 11.6 Å². The highest BCUT2D eigenvalue weighted by atomic mass is 35.5. The Kier molecular flexibility index (Phi) is 7.98. The zero-order chi connectivity index (χ0) is 30.1. The molecule has 3 N–H and O–H groups in total. The zero-order valence-corrected chi connectivity index (χ0v) is 25.1. The molecule has 1 amide bonds. The summed E-state index contributed by atoms with van der Waals surface area (Å²) >= 11 is 6.48. The number of nitrogens with zero attached hydrogens (tertiary/aromatic N) is 6. The summed E-state index contributed by atoms with van der Waals surface area (Å²) in [7, 11) is 4.01. The van der Waals surface area contributed by atoms with Gasteiger partial charge in [0, 0.05) is 56.7 Å². The zero-order valence-electron chi connectivity index (χ0n) is 24.3. The number of hydrogen-bond acceptors (Lipinski definition) is 8. The molecule has 3 aromatic carbocycles. The van der Waals surface area contributed by atoms with Gasteiger partial charge in [0.1, 0.15) is 5.75 Å². The minimum Gasteiger partial charge on any atom is -0.437 e. The number of aromatic nitrogens is 4. The predicted molar refractivity (Wildman–Crippen MR) is 170 cm³/mol. The van der Waals surface area contributed by atoms with Gasteiger partial charge >= 0.3 is 0 Å². The number of ether oxygens (including phenoxy) is 1. The van der Waals surface area contributed by atoms with E-state index < -0.39 is 0 Å². The predicted octanol–water partition coefficient (Wildman–Crippen LogP) is 5.37. The van der Waals surface area contributed by atoms with Crippen molar-refractivity contribution in [1.82, 2.24) is 29.3 Å². The van der Waals surface area contributed by atoms with E-state index >= 15 is 0 Å². The van der Waals surface area contributed by atoms with Crippen LogP contribution in [0.5, 0.6) is 11.6 Å². The number of piperazine rings is 1. The standard InChI is InChI=1S/C32H33ClN8O2/c1-20-16-24(9-6-22(20)18-41-14-12-39(2)13-15-41)36-31(42)26-17-25(10-11-27(26)33)43-32-28-30(40(3)19-35-28)37-29(38-32)21-4-7-23(34)8-5-21/h4-11,16-17,19H,12-15,18,34H2,1-3H3,(H,36,42). The van der Waals surface area contributed by atoms with Crippen molar-refractivity contribution in [2.75, 3.05) is 44.3 Å². The summed E-state index contributed by atoms with van der Waals surface area (Å²) in [5.41, 5.74) is 11.7. The van der Waals surface area contributed by atoms with Gasteiger partial charge in [-0.1, -0.05) is 17.7 Å². The van der Waals surface area contributed by atoms with Gasteiger partial charge in [0.15, 0.2) is 17.0 Å². The monoisotopic (exact) mass is 596 g/mol. The topological polar surface area (TPSA) is 114 Å². The minimum atomic E-state index is -0.338. The Morgan fingerprint density at radius 3 is 2.51 bits per heavy atom. The minimum absolute atomic E-state index is 0.262. The average Bonchev–Trinajstić information content (AvgIpc) is 3.37. The van der Waals surface area contributed by atoms with Gasteiger partial charge in [-0.2, -0.15) is 4.98 Å². The van der Waals surface area contributed by atoms with E-state index in [1.54, 1.807) is 41.2 Å². The second-order valence-electron chi connectivity index (χ2n) is 10.9. The van der Waals surface area contributed by atoms with Crippen LogP contribution < -0.4 is 15.8 Å². The van der Waals surface area contributed by atoms with Crippen LogP contribution in [0, 0.1) is 6.92 Å². The molecular formula is C32H33ClN8O2. The maximum atomic E-state index is 13.4. The summed E-state index contributed by atoms with van der Waals surface area (Å²) in [4.78, 5) is 31.9. The third kappa shape index (κ3) is 6.31. The third-order valence-electron chi connectivity index (χ3n) is 7.68.